The molecule has 0 unspecified atom stereocenters. The standard InChI is InChI=1S/C17H13ClFNO2/c1-21-13-6-11(7-14(9-13)22-2)12(10-20)8-15-16(18)4-3-5-17(15)19/h3-9H,1-2H3/b12-8+. The molecule has 0 atom stereocenters. The van der Waals surface area contributed by atoms with Crippen molar-refractivity contribution in [2.45, 2.75) is 0 Å². The van der Waals surface area contributed by atoms with Gasteiger partial charge in [-0.3, -0.25) is 0 Å². The lowest BCUT2D eigenvalue weighted by Crippen LogP contribution is -1.91. The summed E-state index contributed by atoms with van der Waals surface area (Å²) in [5, 5.41) is 9.62. The van der Waals surface area contributed by atoms with Gasteiger partial charge in [0.05, 0.1) is 30.9 Å². The van der Waals surface area contributed by atoms with Gasteiger partial charge in [0, 0.05) is 11.6 Å². The number of nitriles is 1. The quantitative estimate of drug-likeness (QED) is 0.613. The van der Waals surface area contributed by atoms with Crippen LogP contribution in [-0.2, 0) is 0 Å². The Kier molecular flexibility index (Phi) is 5.03. The Labute approximate surface area is 133 Å². The number of ether oxygens (including phenoxy) is 2. The molecule has 2 rings (SSSR count). The number of hydrogen-bond acceptors (Lipinski definition) is 3. The minimum atomic E-state index is -0.491. The molecular formula is C17H13ClFNO2. The smallest absolute Gasteiger partial charge is 0.131 e. The number of methoxy groups -OCH3 is 2. The molecule has 0 N–H and O–H groups in total. The molecule has 0 aliphatic carbocycles. The lowest BCUT2D eigenvalue weighted by molar-refractivity contribution is 0.394. The van der Waals surface area contributed by atoms with E-state index in [1.165, 1.54) is 32.4 Å². The second-order valence-electron chi connectivity index (χ2n) is 4.41. The lowest BCUT2D eigenvalue weighted by atomic mass is 10.0. The van der Waals surface area contributed by atoms with Crippen LogP contribution in [0.3, 0.4) is 0 Å². The molecule has 22 heavy (non-hydrogen) atoms. The third-order valence-electron chi connectivity index (χ3n) is 3.07. The normalized spacial score (nSPS) is 11.0. The highest BCUT2D eigenvalue weighted by Crippen LogP contribution is 2.30. The van der Waals surface area contributed by atoms with Gasteiger partial charge in [0.15, 0.2) is 0 Å². The highest BCUT2D eigenvalue weighted by molar-refractivity contribution is 6.32. The third kappa shape index (κ3) is 3.38. The second kappa shape index (κ2) is 6.97. The largest absolute Gasteiger partial charge is 0.497 e. The molecular weight excluding hydrogens is 305 g/mol. The molecule has 0 saturated carbocycles. The molecule has 0 aliphatic rings. The fourth-order valence-electron chi connectivity index (χ4n) is 1.94. The van der Waals surface area contributed by atoms with E-state index in [0.717, 1.165) is 0 Å². The Balaban J connectivity index is 2.58. The maximum Gasteiger partial charge on any atom is 0.131 e. The molecule has 0 aliphatic heterocycles. The van der Waals surface area contributed by atoms with Gasteiger partial charge in [0.25, 0.3) is 0 Å². The van der Waals surface area contributed by atoms with E-state index in [4.69, 9.17) is 21.1 Å². The summed E-state index contributed by atoms with van der Waals surface area (Å²) in [5.41, 5.74) is 0.977. The minimum absolute atomic E-state index is 0.169. The van der Waals surface area contributed by atoms with Gasteiger partial charge < -0.3 is 9.47 Å². The third-order valence-corrected chi connectivity index (χ3v) is 3.40. The fraction of sp³-hybridized carbons (Fsp3) is 0.118. The Morgan fingerprint density at radius 1 is 1.18 bits per heavy atom. The monoisotopic (exact) mass is 317 g/mol. The summed E-state index contributed by atoms with van der Waals surface area (Å²) in [6.07, 6.45) is 1.41. The molecule has 0 fully saturated rings. The molecule has 0 aromatic heterocycles. The van der Waals surface area contributed by atoms with Crippen LogP contribution in [0.25, 0.3) is 11.6 Å². The summed E-state index contributed by atoms with van der Waals surface area (Å²) in [5.74, 6) is 0.584. The summed E-state index contributed by atoms with van der Waals surface area (Å²) in [6.45, 7) is 0. The van der Waals surface area contributed by atoms with Gasteiger partial charge in [0.2, 0.25) is 0 Å². The van der Waals surface area contributed by atoms with Crippen LogP contribution in [0.2, 0.25) is 5.02 Å². The Morgan fingerprint density at radius 2 is 1.82 bits per heavy atom. The van der Waals surface area contributed by atoms with Crippen LogP contribution >= 0.6 is 11.6 Å². The Bertz CT molecular complexity index is 723. The van der Waals surface area contributed by atoms with Gasteiger partial charge >= 0.3 is 0 Å². The van der Waals surface area contributed by atoms with Crippen molar-refractivity contribution in [2.75, 3.05) is 14.2 Å². The first-order valence-corrected chi connectivity index (χ1v) is 6.76. The predicted molar refractivity (Wildman–Crippen MR) is 84.4 cm³/mol. The topological polar surface area (TPSA) is 42.2 Å². The van der Waals surface area contributed by atoms with E-state index in [1.54, 1.807) is 24.3 Å². The summed E-state index contributed by atoms with van der Waals surface area (Å²) >= 11 is 5.99. The van der Waals surface area contributed by atoms with Crippen molar-refractivity contribution in [3.05, 3.63) is 58.4 Å². The highest BCUT2D eigenvalue weighted by Gasteiger charge is 2.10. The number of rotatable bonds is 4. The molecule has 0 saturated heterocycles. The summed E-state index contributed by atoms with van der Waals surface area (Å²) < 4.78 is 24.2. The molecule has 0 amide bonds. The minimum Gasteiger partial charge on any atom is -0.497 e. The Morgan fingerprint density at radius 3 is 2.32 bits per heavy atom. The van der Waals surface area contributed by atoms with Crippen molar-refractivity contribution >= 4 is 23.3 Å². The van der Waals surface area contributed by atoms with Gasteiger partial charge in [-0.2, -0.15) is 5.26 Å². The summed E-state index contributed by atoms with van der Waals surface area (Å²) in [4.78, 5) is 0. The lowest BCUT2D eigenvalue weighted by Gasteiger charge is -2.08. The zero-order valence-corrected chi connectivity index (χ0v) is 12.8. The van der Waals surface area contributed by atoms with E-state index in [1.807, 2.05) is 6.07 Å². The molecule has 0 spiro atoms. The summed E-state index contributed by atoms with van der Waals surface area (Å²) in [7, 11) is 3.03. The van der Waals surface area contributed by atoms with E-state index in [0.29, 0.717) is 17.1 Å². The molecule has 0 bridgehead atoms. The molecule has 0 radical (unpaired) electrons. The van der Waals surface area contributed by atoms with Gasteiger partial charge in [-0.05, 0) is 35.9 Å². The SMILES string of the molecule is COc1cc(OC)cc(/C(C#N)=C/c2c(F)cccc2Cl)c1. The maximum absolute atomic E-state index is 13.9. The molecule has 0 heterocycles. The number of hydrogen-bond donors (Lipinski definition) is 0. The zero-order valence-electron chi connectivity index (χ0n) is 12.1. The van der Waals surface area contributed by atoms with E-state index in [-0.39, 0.29) is 16.2 Å². The predicted octanol–water partition coefficient (Wildman–Crippen LogP) is 4.56. The van der Waals surface area contributed by atoms with Crippen molar-refractivity contribution in [3.63, 3.8) is 0 Å². The van der Waals surface area contributed by atoms with Gasteiger partial charge in [-0.1, -0.05) is 17.7 Å². The number of benzene rings is 2. The van der Waals surface area contributed by atoms with E-state index in [2.05, 4.69) is 0 Å². The average Bonchev–Trinajstić information content (AvgIpc) is 2.54. The summed E-state index contributed by atoms with van der Waals surface area (Å²) in [6, 6.07) is 11.5. The van der Waals surface area contributed by atoms with Gasteiger partial charge in [-0.25, -0.2) is 4.39 Å². The van der Waals surface area contributed by atoms with Crippen LogP contribution in [0.15, 0.2) is 36.4 Å². The van der Waals surface area contributed by atoms with Crippen molar-refractivity contribution in [2.24, 2.45) is 0 Å². The van der Waals surface area contributed by atoms with Crippen molar-refractivity contribution in [1.29, 1.82) is 5.26 Å². The van der Waals surface area contributed by atoms with Crippen LogP contribution < -0.4 is 9.47 Å². The second-order valence-corrected chi connectivity index (χ2v) is 4.81. The molecule has 5 heteroatoms. The molecule has 2 aromatic rings. The first-order chi connectivity index (χ1) is 10.6. The van der Waals surface area contributed by atoms with Crippen molar-refractivity contribution in [1.82, 2.24) is 0 Å². The molecule has 2 aromatic carbocycles. The molecule has 3 nitrogen and oxygen atoms in total. The Hall–Kier alpha value is -2.51. The highest BCUT2D eigenvalue weighted by atomic mass is 35.5. The van der Waals surface area contributed by atoms with Crippen molar-refractivity contribution < 1.29 is 13.9 Å². The fourth-order valence-corrected chi connectivity index (χ4v) is 2.15. The van der Waals surface area contributed by atoms with Crippen LogP contribution in [0.1, 0.15) is 11.1 Å². The number of halogens is 2. The number of allylic oxidation sites excluding steroid dienone is 1. The molecule has 112 valence electrons. The average molecular weight is 318 g/mol. The zero-order chi connectivity index (χ0) is 16.1. The first kappa shape index (κ1) is 15.9. The van der Waals surface area contributed by atoms with E-state index in [9.17, 15) is 9.65 Å². The number of nitrogens with zero attached hydrogens (tertiary/aromatic N) is 1. The maximum atomic E-state index is 13.9. The van der Waals surface area contributed by atoms with Crippen molar-refractivity contribution in [3.8, 4) is 17.6 Å². The van der Waals surface area contributed by atoms with E-state index >= 15 is 0 Å². The van der Waals surface area contributed by atoms with Gasteiger partial charge in [-0.15, -0.1) is 0 Å². The van der Waals surface area contributed by atoms with Gasteiger partial charge in [0.1, 0.15) is 17.3 Å². The first-order valence-electron chi connectivity index (χ1n) is 6.38. The van der Waals surface area contributed by atoms with Crippen LogP contribution in [0, 0.1) is 17.1 Å². The van der Waals surface area contributed by atoms with Crippen LogP contribution in [0.5, 0.6) is 11.5 Å². The van der Waals surface area contributed by atoms with E-state index < -0.39 is 5.82 Å². The van der Waals surface area contributed by atoms with Crippen LogP contribution in [-0.4, -0.2) is 14.2 Å². The van der Waals surface area contributed by atoms with Crippen LogP contribution in [0.4, 0.5) is 4.39 Å².